The number of rotatable bonds is 4. The van der Waals surface area contributed by atoms with Gasteiger partial charge in [-0.2, -0.15) is 4.31 Å². The predicted octanol–water partition coefficient (Wildman–Crippen LogP) is 0.0929. The van der Waals surface area contributed by atoms with Crippen LogP contribution < -0.4 is 10.6 Å². The van der Waals surface area contributed by atoms with Crippen molar-refractivity contribution in [3.05, 3.63) is 11.9 Å². The molecule has 0 atom stereocenters. The third-order valence-electron chi connectivity index (χ3n) is 3.28. The molecular weight excluding hydrogens is 278 g/mol. The summed E-state index contributed by atoms with van der Waals surface area (Å²) in [5, 5.41) is 0. The Kier molecular flexibility index (Phi) is 4.44. The van der Waals surface area contributed by atoms with Crippen molar-refractivity contribution in [2.24, 2.45) is 0 Å². The molecule has 20 heavy (non-hydrogen) atoms. The van der Waals surface area contributed by atoms with E-state index in [9.17, 15) is 8.42 Å². The Morgan fingerprint density at radius 3 is 2.45 bits per heavy atom. The van der Waals surface area contributed by atoms with Gasteiger partial charge in [-0.15, -0.1) is 0 Å². The van der Waals surface area contributed by atoms with Gasteiger partial charge in [-0.1, -0.05) is 6.92 Å². The first-order valence-electron chi connectivity index (χ1n) is 6.73. The SMILES string of the molecule is CCCc1nc(N)cc(N2CCN(S(C)(=O)=O)CC2)n1. The zero-order valence-corrected chi connectivity index (χ0v) is 12.7. The number of aryl methyl sites for hydroxylation is 1. The first kappa shape index (κ1) is 15.0. The summed E-state index contributed by atoms with van der Waals surface area (Å²) in [4.78, 5) is 10.8. The van der Waals surface area contributed by atoms with E-state index in [1.807, 2.05) is 0 Å². The number of hydrogen-bond donors (Lipinski definition) is 1. The van der Waals surface area contributed by atoms with E-state index < -0.39 is 10.0 Å². The minimum atomic E-state index is -3.11. The number of piperazine rings is 1. The van der Waals surface area contributed by atoms with E-state index in [0.29, 0.717) is 32.0 Å². The second-order valence-electron chi connectivity index (χ2n) is 4.97. The van der Waals surface area contributed by atoms with Gasteiger partial charge in [0.1, 0.15) is 17.5 Å². The molecule has 7 nitrogen and oxygen atoms in total. The molecule has 0 aliphatic carbocycles. The third-order valence-corrected chi connectivity index (χ3v) is 4.59. The Labute approximate surface area is 119 Å². The van der Waals surface area contributed by atoms with E-state index in [1.165, 1.54) is 10.6 Å². The Hall–Kier alpha value is -1.41. The zero-order valence-electron chi connectivity index (χ0n) is 11.9. The second kappa shape index (κ2) is 5.92. The lowest BCUT2D eigenvalue weighted by Crippen LogP contribution is -2.48. The predicted molar refractivity (Wildman–Crippen MR) is 79.1 cm³/mol. The van der Waals surface area contributed by atoms with E-state index in [4.69, 9.17) is 5.73 Å². The van der Waals surface area contributed by atoms with E-state index >= 15 is 0 Å². The zero-order chi connectivity index (χ0) is 14.8. The smallest absolute Gasteiger partial charge is 0.211 e. The minimum absolute atomic E-state index is 0.462. The average Bonchev–Trinajstić information content (AvgIpc) is 2.37. The van der Waals surface area contributed by atoms with Crippen molar-refractivity contribution in [2.45, 2.75) is 19.8 Å². The Morgan fingerprint density at radius 2 is 1.90 bits per heavy atom. The van der Waals surface area contributed by atoms with Crippen LogP contribution in [0, 0.1) is 0 Å². The molecule has 1 aliphatic rings. The molecule has 112 valence electrons. The van der Waals surface area contributed by atoms with Crippen LogP contribution in [-0.2, 0) is 16.4 Å². The summed E-state index contributed by atoms with van der Waals surface area (Å²) in [6, 6.07) is 1.75. The average molecular weight is 299 g/mol. The molecule has 0 aromatic carbocycles. The first-order chi connectivity index (χ1) is 9.40. The quantitative estimate of drug-likeness (QED) is 0.847. The molecular formula is C12H21N5O2S. The topological polar surface area (TPSA) is 92.4 Å². The number of anilines is 2. The highest BCUT2D eigenvalue weighted by Crippen LogP contribution is 2.17. The summed E-state index contributed by atoms with van der Waals surface area (Å²) in [6.45, 7) is 4.26. The molecule has 2 heterocycles. The van der Waals surface area contributed by atoms with Gasteiger partial charge >= 0.3 is 0 Å². The van der Waals surface area contributed by atoms with Crippen molar-refractivity contribution >= 4 is 21.7 Å². The molecule has 2 N–H and O–H groups in total. The monoisotopic (exact) mass is 299 g/mol. The Bertz CT molecular complexity index is 567. The van der Waals surface area contributed by atoms with Crippen molar-refractivity contribution in [3.8, 4) is 0 Å². The standard InChI is InChI=1S/C12H21N5O2S/c1-3-4-11-14-10(13)9-12(15-11)16-5-7-17(8-6-16)20(2,18)19/h9H,3-8H2,1-2H3,(H2,13,14,15). The van der Waals surface area contributed by atoms with Crippen molar-refractivity contribution in [1.29, 1.82) is 0 Å². The first-order valence-corrected chi connectivity index (χ1v) is 8.58. The van der Waals surface area contributed by atoms with Crippen LogP contribution in [0.5, 0.6) is 0 Å². The number of nitrogens with zero attached hydrogens (tertiary/aromatic N) is 4. The van der Waals surface area contributed by atoms with Crippen LogP contribution in [0.25, 0.3) is 0 Å². The maximum Gasteiger partial charge on any atom is 0.211 e. The highest BCUT2D eigenvalue weighted by molar-refractivity contribution is 7.88. The van der Waals surface area contributed by atoms with Gasteiger partial charge in [-0.25, -0.2) is 18.4 Å². The minimum Gasteiger partial charge on any atom is -0.384 e. The van der Waals surface area contributed by atoms with Gasteiger partial charge in [0.15, 0.2) is 0 Å². The van der Waals surface area contributed by atoms with Gasteiger partial charge in [-0.3, -0.25) is 0 Å². The van der Waals surface area contributed by atoms with E-state index in [0.717, 1.165) is 24.5 Å². The molecule has 8 heteroatoms. The number of sulfonamides is 1. The van der Waals surface area contributed by atoms with Crippen LogP contribution in [0.3, 0.4) is 0 Å². The van der Waals surface area contributed by atoms with Crippen molar-refractivity contribution in [1.82, 2.24) is 14.3 Å². The number of hydrogen-bond acceptors (Lipinski definition) is 6. The molecule has 0 amide bonds. The van der Waals surface area contributed by atoms with Crippen molar-refractivity contribution in [2.75, 3.05) is 43.1 Å². The number of nitrogens with two attached hydrogens (primary N) is 1. The van der Waals surface area contributed by atoms with Crippen LogP contribution in [0.1, 0.15) is 19.2 Å². The molecule has 2 rings (SSSR count). The molecule has 1 fully saturated rings. The van der Waals surface area contributed by atoms with Crippen LogP contribution in [-0.4, -0.2) is 55.1 Å². The number of aromatic nitrogens is 2. The van der Waals surface area contributed by atoms with Crippen LogP contribution in [0.15, 0.2) is 6.07 Å². The molecule has 1 aromatic rings. The fourth-order valence-corrected chi connectivity index (χ4v) is 3.08. The molecule has 0 spiro atoms. The summed E-state index contributed by atoms with van der Waals surface area (Å²) < 4.78 is 24.5. The van der Waals surface area contributed by atoms with E-state index in [2.05, 4.69) is 21.8 Å². The molecule has 1 aliphatic heterocycles. The molecule has 0 unspecified atom stereocenters. The molecule has 0 bridgehead atoms. The van der Waals surface area contributed by atoms with Crippen LogP contribution in [0.4, 0.5) is 11.6 Å². The third kappa shape index (κ3) is 3.57. The number of nitrogen functional groups attached to an aromatic ring is 1. The van der Waals surface area contributed by atoms with Crippen molar-refractivity contribution in [3.63, 3.8) is 0 Å². The largest absolute Gasteiger partial charge is 0.384 e. The van der Waals surface area contributed by atoms with Gasteiger partial charge in [-0.05, 0) is 6.42 Å². The van der Waals surface area contributed by atoms with Gasteiger partial charge in [0.05, 0.1) is 6.26 Å². The maximum absolute atomic E-state index is 11.5. The lowest BCUT2D eigenvalue weighted by atomic mass is 10.3. The fourth-order valence-electron chi connectivity index (χ4n) is 2.25. The summed E-state index contributed by atoms with van der Waals surface area (Å²) in [6.07, 6.45) is 3.00. The normalized spacial score (nSPS) is 17.4. The van der Waals surface area contributed by atoms with Gasteiger partial charge < -0.3 is 10.6 Å². The lowest BCUT2D eigenvalue weighted by molar-refractivity contribution is 0.387. The Morgan fingerprint density at radius 1 is 1.25 bits per heavy atom. The van der Waals surface area contributed by atoms with Gasteiger partial charge in [0.2, 0.25) is 10.0 Å². The summed E-state index contributed by atoms with van der Waals surface area (Å²) in [5.41, 5.74) is 5.81. The summed E-state index contributed by atoms with van der Waals surface area (Å²) >= 11 is 0. The Balaban J connectivity index is 2.10. The molecule has 0 saturated carbocycles. The van der Waals surface area contributed by atoms with Gasteiger partial charge in [0, 0.05) is 38.7 Å². The van der Waals surface area contributed by atoms with Crippen LogP contribution in [0.2, 0.25) is 0 Å². The van der Waals surface area contributed by atoms with Crippen molar-refractivity contribution < 1.29 is 8.42 Å². The second-order valence-corrected chi connectivity index (χ2v) is 6.95. The molecule has 1 saturated heterocycles. The summed E-state index contributed by atoms with van der Waals surface area (Å²) in [7, 11) is -3.11. The highest BCUT2D eigenvalue weighted by Gasteiger charge is 2.24. The maximum atomic E-state index is 11.5. The molecule has 1 aromatic heterocycles. The van der Waals surface area contributed by atoms with E-state index in [-0.39, 0.29) is 0 Å². The van der Waals surface area contributed by atoms with Crippen LogP contribution >= 0.6 is 0 Å². The highest BCUT2D eigenvalue weighted by atomic mass is 32.2. The molecule has 0 radical (unpaired) electrons. The van der Waals surface area contributed by atoms with Gasteiger partial charge in [0.25, 0.3) is 0 Å². The van der Waals surface area contributed by atoms with E-state index in [1.54, 1.807) is 6.07 Å². The fraction of sp³-hybridized carbons (Fsp3) is 0.667. The lowest BCUT2D eigenvalue weighted by Gasteiger charge is -2.34. The summed E-state index contributed by atoms with van der Waals surface area (Å²) in [5.74, 6) is 1.99.